The first kappa shape index (κ1) is 19.5. The SMILES string of the molecule is C[C@]1(O)CC[C@@H]2C(C(=O)O)=CO[C@@H](O[C@H]3O[C@H](CO)[C@@H](O)[C@@H](O)[C@@H]3O)[C@@H]21. The Morgan fingerprint density at radius 3 is 2.58 bits per heavy atom. The minimum absolute atomic E-state index is 0.0291. The summed E-state index contributed by atoms with van der Waals surface area (Å²) in [6.07, 6.45) is -6.66. The van der Waals surface area contributed by atoms with Gasteiger partial charge in [0, 0.05) is 5.92 Å². The fourth-order valence-electron chi connectivity index (χ4n) is 4.01. The zero-order valence-electron chi connectivity index (χ0n) is 14.1. The van der Waals surface area contributed by atoms with Gasteiger partial charge in [-0.15, -0.1) is 0 Å². The van der Waals surface area contributed by atoms with E-state index < -0.39 is 67.0 Å². The van der Waals surface area contributed by atoms with Crippen molar-refractivity contribution in [1.29, 1.82) is 0 Å². The van der Waals surface area contributed by atoms with E-state index in [0.717, 1.165) is 6.26 Å². The van der Waals surface area contributed by atoms with Crippen LogP contribution in [0.5, 0.6) is 0 Å². The second-order valence-electron chi connectivity index (χ2n) is 7.24. The van der Waals surface area contributed by atoms with E-state index in [1.807, 2.05) is 0 Å². The molecule has 6 N–H and O–H groups in total. The second kappa shape index (κ2) is 7.04. The maximum absolute atomic E-state index is 11.4. The minimum atomic E-state index is -1.62. The van der Waals surface area contributed by atoms with E-state index in [-0.39, 0.29) is 5.57 Å². The third-order valence-electron chi connectivity index (χ3n) is 5.50. The van der Waals surface area contributed by atoms with Crippen LogP contribution in [0.15, 0.2) is 11.8 Å². The molecule has 1 saturated heterocycles. The van der Waals surface area contributed by atoms with Crippen molar-refractivity contribution in [3.8, 4) is 0 Å². The third kappa shape index (κ3) is 3.22. The van der Waals surface area contributed by atoms with Gasteiger partial charge in [-0.2, -0.15) is 0 Å². The van der Waals surface area contributed by atoms with Crippen molar-refractivity contribution < 1.29 is 49.6 Å². The van der Waals surface area contributed by atoms with Crippen molar-refractivity contribution >= 4 is 5.97 Å². The minimum Gasteiger partial charge on any atom is -0.478 e. The molecule has 2 fully saturated rings. The average molecular weight is 376 g/mol. The van der Waals surface area contributed by atoms with E-state index in [4.69, 9.17) is 14.2 Å². The molecule has 2 aliphatic heterocycles. The molecule has 0 bridgehead atoms. The number of rotatable bonds is 4. The molecular weight excluding hydrogens is 352 g/mol. The maximum Gasteiger partial charge on any atom is 0.334 e. The zero-order valence-corrected chi connectivity index (χ0v) is 14.1. The fourth-order valence-corrected chi connectivity index (χ4v) is 4.01. The molecule has 26 heavy (non-hydrogen) atoms. The number of carbonyl (C=O) groups is 1. The average Bonchev–Trinajstić information content (AvgIpc) is 2.91. The second-order valence-corrected chi connectivity index (χ2v) is 7.24. The number of carboxylic acid groups (broad SMARTS) is 1. The van der Waals surface area contributed by atoms with Crippen molar-refractivity contribution in [2.24, 2.45) is 11.8 Å². The van der Waals surface area contributed by atoms with Gasteiger partial charge in [0.1, 0.15) is 24.4 Å². The molecule has 0 amide bonds. The van der Waals surface area contributed by atoms with Crippen molar-refractivity contribution in [1.82, 2.24) is 0 Å². The first-order valence-corrected chi connectivity index (χ1v) is 8.44. The lowest BCUT2D eigenvalue weighted by atomic mass is 9.81. The quantitative estimate of drug-likeness (QED) is 0.320. The predicted molar refractivity (Wildman–Crippen MR) is 82.3 cm³/mol. The lowest BCUT2D eigenvalue weighted by Crippen LogP contribution is -2.60. The van der Waals surface area contributed by atoms with Crippen molar-refractivity contribution in [3.63, 3.8) is 0 Å². The van der Waals surface area contributed by atoms with Gasteiger partial charge in [0.2, 0.25) is 6.29 Å². The van der Waals surface area contributed by atoms with Gasteiger partial charge in [0.05, 0.1) is 30.0 Å². The summed E-state index contributed by atoms with van der Waals surface area (Å²) in [7, 11) is 0. The van der Waals surface area contributed by atoms with E-state index >= 15 is 0 Å². The molecule has 148 valence electrons. The summed E-state index contributed by atoms with van der Waals surface area (Å²) in [5.41, 5.74) is -1.24. The third-order valence-corrected chi connectivity index (χ3v) is 5.50. The lowest BCUT2D eigenvalue weighted by molar-refractivity contribution is -0.346. The van der Waals surface area contributed by atoms with Crippen LogP contribution < -0.4 is 0 Å². The van der Waals surface area contributed by atoms with Gasteiger partial charge in [-0.05, 0) is 19.8 Å². The molecule has 0 aromatic carbocycles. The first-order valence-electron chi connectivity index (χ1n) is 8.44. The fraction of sp³-hybridized carbons (Fsp3) is 0.812. The number of aliphatic hydroxyl groups is 5. The number of aliphatic carboxylic acids is 1. The molecule has 0 radical (unpaired) electrons. The number of ether oxygens (including phenoxy) is 3. The maximum atomic E-state index is 11.4. The van der Waals surface area contributed by atoms with Crippen LogP contribution in [0.25, 0.3) is 0 Å². The lowest BCUT2D eigenvalue weighted by Gasteiger charge is -2.44. The molecule has 1 aliphatic carbocycles. The van der Waals surface area contributed by atoms with Gasteiger partial charge in [-0.25, -0.2) is 4.79 Å². The van der Waals surface area contributed by atoms with Crippen LogP contribution in [0.1, 0.15) is 19.8 Å². The Kier molecular flexibility index (Phi) is 5.28. The van der Waals surface area contributed by atoms with E-state index in [0.29, 0.717) is 12.8 Å². The Morgan fingerprint density at radius 2 is 1.96 bits per heavy atom. The van der Waals surface area contributed by atoms with Crippen molar-refractivity contribution in [2.45, 2.75) is 62.4 Å². The monoisotopic (exact) mass is 376 g/mol. The number of hydrogen-bond acceptors (Lipinski definition) is 9. The molecule has 0 aromatic rings. The van der Waals surface area contributed by atoms with Crippen LogP contribution in [0, 0.1) is 11.8 Å². The molecule has 0 aromatic heterocycles. The normalized spacial score (nSPS) is 48.5. The number of aliphatic hydroxyl groups excluding tert-OH is 4. The smallest absolute Gasteiger partial charge is 0.334 e. The predicted octanol–water partition coefficient (Wildman–Crippen LogP) is -2.10. The highest BCUT2D eigenvalue weighted by atomic mass is 16.8. The summed E-state index contributed by atoms with van der Waals surface area (Å²) in [6.45, 7) is 0.943. The van der Waals surface area contributed by atoms with E-state index in [9.17, 15) is 35.4 Å². The number of hydrogen-bond donors (Lipinski definition) is 6. The zero-order chi connectivity index (χ0) is 19.2. The van der Waals surface area contributed by atoms with Gasteiger partial charge in [0.25, 0.3) is 0 Å². The molecule has 1 saturated carbocycles. The summed E-state index contributed by atoms with van der Waals surface area (Å²) >= 11 is 0. The Hall–Kier alpha value is -1.27. The van der Waals surface area contributed by atoms with Gasteiger partial charge in [-0.1, -0.05) is 0 Å². The Morgan fingerprint density at radius 1 is 1.27 bits per heavy atom. The summed E-state index contributed by atoms with van der Waals surface area (Å²) < 4.78 is 16.3. The van der Waals surface area contributed by atoms with Crippen LogP contribution in [0.4, 0.5) is 0 Å². The highest BCUT2D eigenvalue weighted by molar-refractivity contribution is 5.87. The molecule has 10 nitrogen and oxygen atoms in total. The Labute approximate surface area is 149 Å². The Balaban J connectivity index is 1.81. The van der Waals surface area contributed by atoms with Crippen molar-refractivity contribution in [3.05, 3.63) is 11.8 Å². The van der Waals surface area contributed by atoms with Crippen LogP contribution in [-0.2, 0) is 19.0 Å². The molecular formula is C16H24O10. The summed E-state index contributed by atoms with van der Waals surface area (Å²) in [5, 5.41) is 58.9. The molecule has 0 spiro atoms. The van der Waals surface area contributed by atoms with E-state index in [1.54, 1.807) is 6.92 Å². The molecule has 0 unspecified atom stereocenters. The van der Waals surface area contributed by atoms with Crippen LogP contribution >= 0.6 is 0 Å². The highest BCUT2D eigenvalue weighted by Crippen LogP contribution is 2.49. The van der Waals surface area contributed by atoms with Crippen molar-refractivity contribution in [2.75, 3.05) is 6.61 Å². The van der Waals surface area contributed by atoms with Gasteiger partial charge in [-0.3, -0.25) is 0 Å². The highest BCUT2D eigenvalue weighted by Gasteiger charge is 2.55. The number of fused-ring (bicyclic) bond motifs is 1. The summed E-state index contributed by atoms with van der Waals surface area (Å²) in [5.74, 6) is -2.39. The summed E-state index contributed by atoms with van der Waals surface area (Å²) in [6, 6.07) is 0. The van der Waals surface area contributed by atoms with Gasteiger partial charge < -0.3 is 44.8 Å². The Bertz CT molecular complexity index is 573. The first-order chi connectivity index (χ1) is 12.2. The topological polar surface area (TPSA) is 166 Å². The largest absolute Gasteiger partial charge is 0.478 e. The molecule has 2 heterocycles. The molecule has 9 atom stereocenters. The van der Waals surface area contributed by atoms with Gasteiger partial charge >= 0.3 is 5.97 Å². The van der Waals surface area contributed by atoms with Crippen LogP contribution in [0.3, 0.4) is 0 Å². The van der Waals surface area contributed by atoms with Crippen LogP contribution in [0.2, 0.25) is 0 Å². The summed E-state index contributed by atoms with van der Waals surface area (Å²) in [4.78, 5) is 11.4. The molecule has 10 heteroatoms. The van der Waals surface area contributed by atoms with Crippen LogP contribution in [-0.4, -0.2) is 85.8 Å². The number of carboxylic acids is 1. The van der Waals surface area contributed by atoms with E-state index in [2.05, 4.69) is 0 Å². The standard InChI is InChI=1S/C16H24O10/c1-16(23)3-2-6-7(13(21)22)5-24-14(9(6)16)26-15-12(20)11(19)10(18)8(4-17)25-15/h5-6,8-12,14-15,17-20,23H,2-4H2,1H3,(H,21,22)/t6-,8-,9-,10-,11-,12+,14+,15-,16+/m1/s1. The molecule has 3 aliphatic rings. The van der Waals surface area contributed by atoms with E-state index in [1.165, 1.54) is 0 Å². The molecule has 3 rings (SSSR count). The van der Waals surface area contributed by atoms with Gasteiger partial charge in [0.15, 0.2) is 6.29 Å².